The molecule has 0 spiro atoms. The van der Waals surface area contributed by atoms with E-state index in [-0.39, 0.29) is 22.1 Å². The maximum absolute atomic E-state index is 15.2. The summed E-state index contributed by atoms with van der Waals surface area (Å²) in [5.41, 5.74) is 1.07. The van der Waals surface area contributed by atoms with Crippen LogP contribution in [-0.2, 0) is 18.4 Å². The van der Waals surface area contributed by atoms with Gasteiger partial charge in [0.2, 0.25) is 0 Å². The molecule has 0 saturated carbocycles. The summed E-state index contributed by atoms with van der Waals surface area (Å²) in [5, 5.41) is 23.4. The SMILES string of the molecule is C[C@@H](Nc1c(C#N)c(Cl)nc2c1ccn2[C@@H]1O[C@H](COP(=O)(O)CP(=O)(O)O)[C@@H](O)[C@@H]1F)c1ccc(F)cc1. The summed E-state index contributed by atoms with van der Waals surface area (Å²) in [6.07, 6.45) is -5.47. The number of alkyl halides is 1. The molecule has 4 rings (SSSR count). The van der Waals surface area contributed by atoms with Crippen molar-refractivity contribution in [3.8, 4) is 6.07 Å². The first-order chi connectivity index (χ1) is 18.2. The summed E-state index contributed by atoms with van der Waals surface area (Å²) in [7, 11) is -9.66. The van der Waals surface area contributed by atoms with Gasteiger partial charge in [0.15, 0.2) is 23.5 Å². The molecule has 1 unspecified atom stereocenters. The molecule has 1 aliphatic heterocycles. The minimum absolute atomic E-state index is 0.00934. The Morgan fingerprint density at radius 2 is 1.95 bits per heavy atom. The largest absolute Gasteiger partial charge is 0.387 e. The lowest BCUT2D eigenvalue weighted by Gasteiger charge is -2.20. The van der Waals surface area contributed by atoms with Crippen molar-refractivity contribution in [2.45, 2.75) is 37.6 Å². The van der Waals surface area contributed by atoms with Gasteiger partial charge in [0, 0.05) is 17.6 Å². The summed E-state index contributed by atoms with van der Waals surface area (Å²) in [6, 6.07) is 8.80. The van der Waals surface area contributed by atoms with Crippen LogP contribution in [0.25, 0.3) is 11.0 Å². The molecule has 0 amide bonds. The van der Waals surface area contributed by atoms with Crippen molar-refractivity contribution >= 4 is 43.5 Å². The maximum Gasteiger partial charge on any atom is 0.340 e. The predicted molar refractivity (Wildman–Crippen MR) is 135 cm³/mol. The molecule has 5 N–H and O–H groups in total. The Balaban J connectivity index is 1.62. The van der Waals surface area contributed by atoms with Crippen LogP contribution in [0.1, 0.15) is 30.3 Å². The Labute approximate surface area is 225 Å². The fourth-order valence-electron chi connectivity index (χ4n) is 4.18. The van der Waals surface area contributed by atoms with Gasteiger partial charge in [-0.2, -0.15) is 5.26 Å². The highest BCUT2D eigenvalue weighted by atomic mass is 35.5. The molecule has 1 saturated heterocycles. The van der Waals surface area contributed by atoms with E-state index in [4.69, 9.17) is 26.1 Å². The fraction of sp³-hybridized carbons (Fsp3) is 0.364. The van der Waals surface area contributed by atoms with Gasteiger partial charge in [-0.1, -0.05) is 23.7 Å². The number of nitrogens with zero attached hydrogens (tertiary/aromatic N) is 3. The first-order valence-electron chi connectivity index (χ1n) is 11.3. The van der Waals surface area contributed by atoms with E-state index < -0.39 is 64.2 Å². The Kier molecular flexibility index (Phi) is 8.50. The summed E-state index contributed by atoms with van der Waals surface area (Å²) in [4.78, 5) is 31.7. The van der Waals surface area contributed by atoms with E-state index in [1.54, 1.807) is 19.1 Å². The summed E-state index contributed by atoms with van der Waals surface area (Å²) >= 11 is 6.28. The minimum Gasteiger partial charge on any atom is -0.387 e. The van der Waals surface area contributed by atoms with E-state index >= 15 is 4.39 Å². The van der Waals surface area contributed by atoms with Gasteiger partial charge < -0.3 is 38.9 Å². The zero-order valence-electron chi connectivity index (χ0n) is 20.1. The number of pyridine rings is 1. The molecule has 1 aromatic carbocycles. The third-order valence-electron chi connectivity index (χ3n) is 6.03. The highest BCUT2D eigenvalue weighted by molar-refractivity contribution is 7.70. The Hall–Kier alpha value is -2.43. The molecule has 6 atom stereocenters. The molecule has 0 radical (unpaired) electrons. The van der Waals surface area contributed by atoms with E-state index in [0.717, 1.165) is 0 Å². The third-order valence-corrected chi connectivity index (χ3v) is 9.76. The zero-order chi connectivity index (χ0) is 28.7. The van der Waals surface area contributed by atoms with E-state index in [2.05, 4.69) is 14.8 Å². The summed E-state index contributed by atoms with van der Waals surface area (Å²) in [6.45, 7) is 0.941. The zero-order valence-corrected chi connectivity index (χ0v) is 22.6. The van der Waals surface area contributed by atoms with E-state index in [0.29, 0.717) is 10.9 Å². The van der Waals surface area contributed by atoms with Crippen LogP contribution in [0.5, 0.6) is 0 Å². The highest BCUT2D eigenvalue weighted by Gasteiger charge is 2.47. The van der Waals surface area contributed by atoms with Crippen LogP contribution < -0.4 is 5.32 Å². The monoisotopic (exact) mass is 606 g/mol. The van der Waals surface area contributed by atoms with Crippen molar-refractivity contribution in [3.63, 3.8) is 0 Å². The summed E-state index contributed by atoms with van der Waals surface area (Å²) < 4.78 is 62.9. The van der Waals surface area contributed by atoms with Crippen LogP contribution in [-0.4, -0.2) is 60.2 Å². The molecular formula is C22H23ClF2N4O8P2. The first kappa shape index (κ1) is 29.6. The second-order valence-electron chi connectivity index (χ2n) is 8.88. The minimum atomic E-state index is -4.89. The standard InChI is InChI=1S/C22H23ClF2N4O8P2/c1-11(12-2-4-13(24)5-3-12)27-18-14-6-7-29(21(14)28-20(23)15(18)8-26)22-17(25)19(30)16(37-22)9-36-39(34,35)10-38(31,32)33/h2-7,11,16-17,19,22,30H,9-10H2,1H3,(H,27,28)(H,34,35)(H2,31,32,33)/t11-,16-,17+,19-,22-/m1/s1. The average Bonchev–Trinajstić information content (AvgIpc) is 3.37. The van der Waals surface area contributed by atoms with Gasteiger partial charge >= 0.3 is 15.2 Å². The number of nitrogens with one attached hydrogen (secondary N) is 1. The van der Waals surface area contributed by atoms with E-state index in [9.17, 15) is 28.8 Å². The lowest BCUT2D eigenvalue weighted by Crippen LogP contribution is -2.31. The number of rotatable bonds is 9. The number of aliphatic hydroxyl groups excluding tert-OH is 1. The van der Waals surface area contributed by atoms with E-state index in [1.165, 1.54) is 29.0 Å². The molecule has 3 aromatic rings. The molecule has 3 heterocycles. The molecule has 210 valence electrons. The number of anilines is 1. The third kappa shape index (κ3) is 6.49. The maximum atomic E-state index is 15.2. The van der Waals surface area contributed by atoms with Crippen molar-refractivity contribution in [1.82, 2.24) is 9.55 Å². The van der Waals surface area contributed by atoms with Crippen LogP contribution in [0.4, 0.5) is 14.5 Å². The van der Waals surface area contributed by atoms with E-state index in [1.807, 2.05) is 6.07 Å². The van der Waals surface area contributed by atoms with Crippen LogP contribution in [0, 0.1) is 17.1 Å². The smallest absolute Gasteiger partial charge is 0.340 e. The number of hydrogen-bond acceptors (Lipinski definition) is 8. The number of halogens is 3. The molecule has 17 heteroatoms. The van der Waals surface area contributed by atoms with Gasteiger partial charge in [0.05, 0.1) is 12.3 Å². The second kappa shape index (κ2) is 11.2. The molecular weight excluding hydrogens is 584 g/mol. The predicted octanol–water partition coefficient (Wildman–Crippen LogP) is 3.81. The molecule has 1 aliphatic rings. The van der Waals surface area contributed by atoms with Gasteiger partial charge in [0.25, 0.3) is 0 Å². The molecule has 12 nitrogen and oxygen atoms in total. The van der Waals surface area contributed by atoms with Gasteiger partial charge in [-0.15, -0.1) is 0 Å². The topological polar surface area (TPSA) is 187 Å². The number of aliphatic hydroxyl groups is 1. The Morgan fingerprint density at radius 3 is 2.56 bits per heavy atom. The van der Waals surface area contributed by atoms with Crippen molar-refractivity contribution in [2.75, 3.05) is 17.8 Å². The number of fused-ring (bicyclic) bond motifs is 1. The molecule has 0 bridgehead atoms. The number of nitriles is 1. The second-order valence-corrected chi connectivity index (χ2v) is 13.2. The molecule has 39 heavy (non-hydrogen) atoms. The van der Waals surface area contributed by atoms with Gasteiger partial charge in [-0.3, -0.25) is 9.13 Å². The number of ether oxygens (including phenoxy) is 1. The van der Waals surface area contributed by atoms with Crippen molar-refractivity contribution in [1.29, 1.82) is 5.26 Å². The summed E-state index contributed by atoms with van der Waals surface area (Å²) in [5.74, 6) is -1.87. The Morgan fingerprint density at radius 1 is 1.28 bits per heavy atom. The molecule has 1 fully saturated rings. The highest BCUT2D eigenvalue weighted by Crippen LogP contribution is 2.55. The quantitative estimate of drug-likeness (QED) is 0.176. The van der Waals surface area contributed by atoms with Gasteiger partial charge in [-0.25, -0.2) is 13.8 Å². The van der Waals surface area contributed by atoms with Crippen molar-refractivity contribution in [3.05, 3.63) is 58.6 Å². The van der Waals surface area contributed by atoms with Crippen LogP contribution in [0.15, 0.2) is 36.5 Å². The van der Waals surface area contributed by atoms with Gasteiger partial charge in [0.1, 0.15) is 35.3 Å². The van der Waals surface area contributed by atoms with Crippen LogP contribution in [0.2, 0.25) is 5.15 Å². The van der Waals surface area contributed by atoms with Gasteiger partial charge in [-0.05, 0) is 30.7 Å². The number of benzene rings is 1. The lowest BCUT2D eigenvalue weighted by atomic mass is 10.1. The lowest BCUT2D eigenvalue weighted by molar-refractivity contribution is -0.0423. The fourth-order valence-corrected chi connectivity index (χ4v) is 6.96. The van der Waals surface area contributed by atoms with Crippen molar-refractivity contribution in [2.24, 2.45) is 0 Å². The average molecular weight is 607 g/mol. The first-order valence-corrected chi connectivity index (χ1v) is 15.3. The normalized spacial score (nSPS) is 23.9. The van der Waals surface area contributed by atoms with Crippen LogP contribution >= 0.6 is 26.8 Å². The van der Waals surface area contributed by atoms with Crippen molar-refractivity contribution < 1.29 is 47.0 Å². The molecule has 2 aromatic heterocycles. The van der Waals surface area contributed by atoms with Crippen LogP contribution in [0.3, 0.4) is 0 Å². The number of aromatic nitrogens is 2. The Bertz CT molecular complexity index is 1510. The molecule has 0 aliphatic carbocycles. The number of hydrogen-bond donors (Lipinski definition) is 5.